The number of rotatable bonds is 9. The van der Waals surface area contributed by atoms with Crippen molar-refractivity contribution in [1.29, 1.82) is 0 Å². The monoisotopic (exact) mass is 401 g/mol. The standard InChI is InChI=1S/C19H20ClN5O3/c20-16-4-2-1-3-14(16)12-27-15-7-5-13(6-8-15)11-22-9-10-23-19(26)17-18(21)25-28-24-17/h1-8,22H,9-12H2,(H2,21,25)(H,23,26). The van der Waals surface area contributed by atoms with Crippen LogP contribution < -0.4 is 21.1 Å². The Bertz CT molecular complexity index is 914. The van der Waals surface area contributed by atoms with Crippen LogP contribution in [0.15, 0.2) is 53.2 Å². The lowest BCUT2D eigenvalue weighted by atomic mass is 10.2. The molecule has 0 bridgehead atoms. The maximum absolute atomic E-state index is 11.8. The van der Waals surface area contributed by atoms with Crippen LogP contribution >= 0.6 is 11.6 Å². The molecule has 0 aliphatic heterocycles. The number of benzene rings is 2. The second-order valence-electron chi connectivity index (χ2n) is 5.95. The minimum Gasteiger partial charge on any atom is -0.489 e. The molecular formula is C19H20ClN5O3. The molecule has 9 heteroatoms. The molecule has 2 aromatic carbocycles. The molecule has 8 nitrogen and oxygen atoms in total. The maximum Gasteiger partial charge on any atom is 0.277 e. The van der Waals surface area contributed by atoms with Crippen molar-refractivity contribution in [3.05, 3.63) is 70.4 Å². The Morgan fingerprint density at radius 1 is 1.11 bits per heavy atom. The summed E-state index contributed by atoms with van der Waals surface area (Å²) in [5.41, 5.74) is 7.50. The van der Waals surface area contributed by atoms with Crippen molar-refractivity contribution in [2.45, 2.75) is 13.2 Å². The number of ether oxygens (including phenoxy) is 1. The van der Waals surface area contributed by atoms with Crippen LogP contribution in [0.4, 0.5) is 5.82 Å². The number of amides is 1. The average Bonchev–Trinajstić information content (AvgIpc) is 3.14. The number of aromatic nitrogens is 2. The van der Waals surface area contributed by atoms with E-state index in [0.29, 0.717) is 31.3 Å². The third kappa shape index (κ3) is 5.45. The number of nitrogens with one attached hydrogen (secondary N) is 2. The normalized spacial score (nSPS) is 10.6. The van der Waals surface area contributed by atoms with Crippen molar-refractivity contribution < 1.29 is 14.2 Å². The summed E-state index contributed by atoms with van der Waals surface area (Å²) >= 11 is 6.12. The van der Waals surface area contributed by atoms with Gasteiger partial charge in [-0.1, -0.05) is 41.9 Å². The molecule has 4 N–H and O–H groups in total. The van der Waals surface area contributed by atoms with Crippen LogP contribution in [0.25, 0.3) is 0 Å². The molecule has 0 aliphatic rings. The summed E-state index contributed by atoms with van der Waals surface area (Å²) in [4.78, 5) is 11.8. The zero-order chi connectivity index (χ0) is 19.8. The molecule has 3 rings (SSSR count). The minimum absolute atomic E-state index is 0.00706. The maximum atomic E-state index is 11.8. The van der Waals surface area contributed by atoms with E-state index in [1.54, 1.807) is 0 Å². The van der Waals surface area contributed by atoms with Gasteiger partial charge in [0.1, 0.15) is 12.4 Å². The number of halogens is 1. The first-order chi connectivity index (χ1) is 13.6. The Morgan fingerprint density at radius 2 is 1.89 bits per heavy atom. The van der Waals surface area contributed by atoms with Crippen LogP contribution in [0.5, 0.6) is 5.75 Å². The Hall–Kier alpha value is -3.10. The molecule has 1 aromatic heterocycles. The first kappa shape index (κ1) is 19.7. The molecule has 0 saturated heterocycles. The topological polar surface area (TPSA) is 115 Å². The zero-order valence-corrected chi connectivity index (χ0v) is 15.8. The van der Waals surface area contributed by atoms with E-state index >= 15 is 0 Å². The number of nitrogens with zero attached hydrogens (tertiary/aromatic N) is 2. The van der Waals surface area contributed by atoms with Gasteiger partial charge in [-0.3, -0.25) is 4.79 Å². The predicted molar refractivity (Wildman–Crippen MR) is 105 cm³/mol. The number of carbonyl (C=O) groups excluding carboxylic acids is 1. The van der Waals surface area contributed by atoms with Crippen LogP contribution in [0.3, 0.4) is 0 Å². The number of anilines is 1. The molecule has 0 spiro atoms. The number of nitrogen functional groups attached to an aromatic ring is 1. The van der Waals surface area contributed by atoms with E-state index in [4.69, 9.17) is 22.1 Å². The lowest BCUT2D eigenvalue weighted by molar-refractivity contribution is 0.0944. The fraction of sp³-hybridized carbons (Fsp3) is 0.211. The molecule has 0 atom stereocenters. The van der Waals surface area contributed by atoms with Crippen LogP contribution in [0, 0.1) is 0 Å². The molecule has 3 aromatic rings. The van der Waals surface area contributed by atoms with Crippen LogP contribution in [0.2, 0.25) is 5.02 Å². The third-order valence-electron chi connectivity index (χ3n) is 3.92. The van der Waals surface area contributed by atoms with E-state index in [1.807, 2.05) is 48.5 Å². The molecule has 0 radical (unpaired) electrons. The van der Waals surface area contributed by atoms with Gasteiger partial charge in [-0.25, -0.2) is 4.63 Å². The minimum atomic E-state index is -0.416. The molecule has 1 heterocycles. The zero-order valence-electron chi connectivity index (χ0n) is 15.0. The van der Waals surface area contributed by atoms with Crippen molar-refractivity contribution in [1.82, 2.24) is 20.9 Å². The van der Waals surface area contributed by atoms with Gasteiger partial charge in [0.05, 0.1) is 0 Å². The number of hydrogen-bond donors (Lipinski definition) is 3. The summed E-state index contributed by atoms with van der Waals surface area (Å²) in [6, 6.07) is 15.4. The van der Waals surface area contributed by atoms with Crippen LogP contribution in [-0.4, -0.2) is 29.3 Å². The van der Waals surface area contributed by atoms with Crippen molar-refractivity contribution >= 4 is 23.3 Å². The fourth-order valence-corrected chi connectivity index (χ4v) is 2.60. The summed E-state index contributed by atoms with van der Waals surface area (Å²) in [6.45, 7) is 2.09. The van der Waals surface area contributed by atoms with E-state index in [2.05, 4.69) is 25.6 Å². The van der Waals surface area contributed by atoms with Crippen molar-refractivity contribution in [3.63, 3.8) is 0 Å². The highest BCUT2D eigenvalue weighted by Crippen LogP contribution is 2.19. The van der Waals surface area contributed by atoms with Gasteiger partial charge in [0.25, 0.3) is 5.91 Å². The smallest absolute Gasteiger partial charge is 0.277 e. The molecule has 28 heavy (non-hydrogen) atoms. The highest BCUT2D eigenvalue weighted by atomic mass is 35.5. The summed E-state index contributed by atoms with van der Waals surface area (Å²) in [5, 5.41) is 13.4. The van der Waals surface area contributed by atoms with Gasteiger partial charge in [-0.05, 0) is 34.1 Å². The average molecular weight is 402 g/mol. The van der Waals surface area contributed by atoms with Gasteiger partial charge in [0, 0.05) is 30.2 Å². The molecule has 0 aliphatic carbocycles. The highest BCUT2D eigenvalue weighted by Gasteiger charge is 2.14. The predicted octanol–water partition coefficient (Wildman–Crippen LogP) is 2.40. The van der Waals surface area contributed by atoms with Crippen molar-refractivity contribution in [2.24, 2.45) is 0 Å². The molecule has 0 fully saturated rings. The van der Waals surface area contributed by atoms with Gasteiger partial charge in [-0.2, -0.15) is 0 Å². The summed E-state index contributed by atoms with van der Waals surface area (Å²) < 4.78 is 10.2. The number of carbonyl (C=O) groups is 1. The Balaban J connectivity index is 1.36. The van der Waals surface area contributed by atoms with Gasteiger partial charge < -0.3 is 21.1 Å². The summed E-state index contributed by atoms with van der Waals surface area (Å²) in [7, 11) is 0. The SMILES string of the molecule is Nc1nonc1C(=O)NCCNCc1ccc(OCc2ccccc2Cl)cc1. The Labute approximate surface area is 167 Å². The molecule has 0 saturated carbocycles. The molecular weight excluding hydrogens is 382 g/mol. The second-order valence-corrected chi connectivity index (χ2v) is 6.36. The lowest BCUT2D eigenvalue weighted by Gasteiger charge is -2.09. The number of nitrogens with two attached hydrogens (primary N) is 1. The first-order valence-corrected chi connectivity index (χ1v) is 9.03. The van der Waals surface area contributed by atoms with Gasteiger partial charge >= 0.3 is 0 Å². The lowest BCUT2D eigenvalue weighted by Crippen LogP contribution is -2.32. The van der Waals surface area contributed by atoms with E-state index in [-0.39, 0.29) is 11.5 Å². The van der Waals surface area contributed by atoms with E-state index in [0.717, 1.165) is 16.9 Å². The molecule has 0 unspecified atom stereocenters. The largest absolute Gasteiger partial charge is 0.489 e. The van der Waals surface area contributed by atoms with E-state index in [9.17, 15) is 4.79 Å². The second kappa shape index (κ2) is 9.72. The van der Waals surface area contributed by atoms with Gasteiger partial charge in [0.15, 0.2) is 0 Å². The first-order valence-electron chi connectivity index (χ1n) is 8.65. The Morgan fingerprint density at radius 3 is 2.61 bits per heavy atom. The van der Waals surface area contributed by atoms with E-state index < -0.39 is 5.91 Å². The van der Waals surface area contributed by atoms with Crippen LogP contribution in [-0.2, 0) is 13.2 Å². The van der Waals surface area contributed by atoms with Crippen molar-refractivity contribution in [3.8, 4) is 5.75 Å². The summed E-state index contributed by atoms with van der Waals surface area (Å²) in [6.07, 6.45) is 0. The fourth-order valence-electron chi connectivity index (χ4n) is 2.41. The molecule has 1 amide bonds. The third-order valence-corrected chi connectivity index (χ3v) is 4.29. The molecule has 146 valence electrons. The summed E-state index contributed by atoms with van der Waals surface area (Å²) in [5.74, 6) is 0.331. The quantitative estimate of drug-likeness (QED) is 0.471. The van der Waals surface area contributed by atoms with Gasteiger partial charge in [-0.15, -0.1) is 0 Å². The number of hydrogen-bond acceptors (Lipinski definition) is 7. The Kier molecular flexibility index (Phi) is 6.83. The van der Waals surface area contributed by atoms with Crippen molar-refractivity contribution in [2.75, 3.05) is 18.8 Å². The van der Waals surface area contributed by atoms with Crippen LogP contribution in [0.1, 0.15) is 21.6 Å². The van der Waals surface area contributed by atoms with E-state index in [1.165, 1.54) is 0 Å². The van der Waals surface area contributed by atoms with Gasteiger partial charge in [0.2, 0.25) is 11.5 Å². The highest BCUT2D eigenvalue weighted by molar-refractivity contribution is 6.31.